The summed E-state index contributed by atoms with van der Waals surface area (Å²) < 4.78 is 11.6. The van der Waals surface area contributed by atoms with E-state index in [2.05, 4.69) is 15.9 Å². The van der Waals surface area contributed by atoms with E-state index < -0.39 is 5.60 Å². The summed E-state index contributed by atoms with van der Waals surface area (Å²) in [5.41, 5.74) is 0.452. The van der Waals surface area contributed by atoms with Gasteiger partial charge in [0, 0.05) is 23.9 Å². The molecule has 0 radical (unpaired) electrons. The predicted octanol–water partition coefficient (Wildman–Crippen LogP) is 4.70. The number of carbonyl (C=O) groups is 2. The Kier molecular flexibility index (Phi) is 6.49. The van der Waals surface area contributed by atoms with Crippen molar-refractivity contribution >= 4 is 28.0 Å². The number of hydrogen-bond donors (Lipinski definition) is 0. The van der Waals surface area contributed by atoms with Gasteiger partial charge in [-0.2, -0.15) is 0 Å². The van der Waals surface area contributed by atoms with Crippen LogP contribution in [0.4, 0.5) is 4.79 Å². The van der Waals surface area contributed by atoms with Crippen LogP contribution >= 0.6 is 15.9 Å². The molecule has 0 aromatic heterocycles. The molecule has 1 saturated heterocycles. The maximum absolute atomic E-state index is 12.7. The fraction of sp³-hybridized carbons (Fsp3) is 0.579. The van der Waals surface area contributed by atoms with E-state index in [1.54, 1.807) is 4.90 Å². The lowest BCUT2D eigenvalue weighted by atomic mass is 9.81. The zero-order valence-electron chi connectivity index (χ0n) is 15.3. The molecule has 0 aliphatic carbocycles. The lowest BCUT2D eigenvalue weighted by molar-refractivity contribution is -0.144. The molecule has 1 aromatic rings. The minimum atomic E-state index is -0.610. The first-order valence-corrected chi connectivity index (χ1v) is 9.40. The molecule has 2 unspecified atom stereocenters. The summed E-state index contributed by atoms with van der Waals surface area (Å²) in [5, 5.41) is 0. The second-order valence-electron chi connectivity index (χ2n) is 6.83. The molecule has 138 valence electrons. The molecule has 0 saturated carbocycles. The standard InChI is InChI=1S/C19H26BrNO4/c1-13(2)19(10-9-17(22)24-4)11-12-21(18(23)25-19)14(3)15-5-7-16(20)8-6-15/h5-8,13-14H,9-12H2,1-4H3. The molecule has 1 aliphatic heterocycles. The summed E-state index contributed by atoms with van der Waals surface area (Å²) in [6.45, 7) is 6.66. The van der Waals surface area contributed by atoms with Crippen molar-refractivity contribution < 1.29 is 19.1 Å². The quantitative estimate of drug-likeness (QED) is 0.636. The number of esters is 1. The Morgan fingerprint density at radius 3 is 2.48 bits per heavy atom. The molecule has 6 heteroatoms. The van der Waals surface area contributed by atoms with E-state index in [-0.39, 0.29) is 30.4 Å². The number of rotatable bonds is 6. The van der Waals surface area contributed by atoms with Gasteiger partial charge in [0.1, 0.15) is 5.60 Å². The van der Waals surface area contributed by atoms with Crippen molar-refractivity contribution in [1.82, 2.24) is 4.90 Å². The Morgan fingerprint density at radius 1 is 1.32 bits per heavy atom. The maximum atomic E-state index is 12.7. The Balaban J connectivity index is 2.10. The van der Waals surface area contributed by atoms with Crippen LogP contribution in [0.2, 0.25) is 0 Å². The van der Waals surface area contributed by atoms with Crippen molar-refractivity contribution in [3.63, 3.8) is 0 Å². The summed E-state index contributed by atoms with van der Waals surface area (Å²) in [7, 11) is 1.37. The van der Waals surface area contributed by atoms with E-state index in [0.29, 0.717) is 19.4 Å². The summed E-state index contributed by atoms with van der Waals surface area (Å²) in [4.78, 5) is 25.9. The van der Waals surface area contributed by atoms with Crippen molar-refractivity contribution in [2.75, 3.05) is 13.7 Å². The molecule has 5 nitrogen and oxygen atoms in total. The third-order valence-electron chi connectivity index (χ3n) is 5.15. The minimum absolute atomic E-state index is 0.0635. The molecule has 0 spiro atoms. The highest BCUT2D eigenvalue weighted by molar-refractivity contribution is 9.10. The van der Waals surface area contributed by atoms with Crippen molar-refractivity contribution in [2.24, 2.45) is 5.92 Å². The van der Waals surface area contributed by atoms with Gasteiger partial charge in [0.15, 0.2) is 0 Å². The first kappa shape index (κ1) is 19.8. The van der Waals surface area contributed by atoms with Crippen LogP contribution in [0.15, 0.2) is 28.7 Å². The van der Waals surface area contributed by atoms with Gasteiger partial charge in [-0.15, -0.1) is 0 Å². The van der Waals surface area contributed by atoms with Crippen LogP contribution < -0.4 is 0 Å². The van der Waals surface area contributed by atoms with Crippen LogP contribution in [-0.4, -0.2) is 36.2 Å². The average molecular weight is 412 g/mol. The highest BCUT2D eigenvalue weighted by Gasteiger charge is 2.44. The normalized spacial score (nSPS) is 21.8. The lowest BCUT2D eigenvalue weighted by Gasteiger charge is -2.45. The monoisotopic (exact) mass is 411 g/mol. The predicted molar refractivity (Wildman–Crippen MR) is 99.2 cm³/mol. The van der Waals surface area contributed by atoms with Gasteiger partial charge in [-0.05, 0) is 37.0 Å². The smallest absolute Gasteiger partial charge is 0.410 e. The zero-order valence-corrected chi connectivity index (χ0v) is 16.8. The number of ether oxygens (including phenoxy) is 2. The topological polar surface area (TPSA) is 55.8 Å². The summed E-state index contributed by atoms with van der Waals surface area (Å²) in [6.07, 6.45) is 1.13. The van der Waals surface area contributed by atoms with E-state index in [0.717, 1.165) is 10.0 Å². The largest absolute Gasteiger partial charge is 0.469 e. The number of hydrogen-bond acceptors (Lipinski definition) is 4. The molecule has 2 rings (SSSR count). The fourth-order valence-corrected chi connectivity index (χ4v) is 3.51. The fourth-order valence-electron chi connectivity index (χ4n) is 3.24. The van der Waals surface area contributed by atoms with Crippen LogP contribution in [0.3, 0.4) is 0 Å². The summed E-state index contributed by atoms with van der Waals surface area (Å²) >= 11 is 3.43. The van der Waals surface area contributed by atoms with Gasteiger partial charge in [-0.25, -0.2) is 4.79 Å². The second-order valence-corrected chi connectivity index (χ2v) is 7.75. The van der Waals surface area contributed by atoms with Crippen molar-refractivity contribution in [2.45, 2.75) is 51.7 Å². The number of methoxy groups -OCH3 is 1. The van der Waals surface area contributed by atoms with Gasteiger partial charge in [0.25, 0.3) is 0 Å². The molecule has 2 atom stereocenters. The van der Waals surface area contributed by atoms with E-state index in [1.807, 2.05) is 45.0 Å². The van der Waals surface area contributed by atoms with Crippen LogP contribution in [0.5, 0.6) is 0 Å². The Morgan fingerprint density at radius 2 is 1.96 bits per heavy atom. The zero-order chi connectivity index (χ0) is 18.6. The highest BCUT2D eigenvalue weighted by atomic mass is 79.9. The number of benzene rings is 1. The van der Waals surface area contributed by atoms with Crippen LogP contribution in [0, 0.1) is 5.92 Å². The Bertz CT molecular complexity index is 616. The minimum Gasteiger partial charge on any atom is -0.469 e. The first-order valence-electron chi connectivity index (χ1n) is 8.61. The number of carbonyl (C=O) groups excluding carboxylic acids is 2. The van der Waals surface area contributed by atoms with E-state index in [9.17, 15) is 9.59 Å². The molecule has 0 bridgehead atoms. The van der Waals surface area contributed by atoms with Crippen LogP contribution in [0.1, 0.15) is 51.6 Å². The second kappa shape index (κ2) is 8.21. The van der Waals surface area contributed by atoms with Gasteiger partial charge in [0.05, 0.1) is 13.2 Å². The first-order chi connectivity index (χ1) is 11.8. The molecule has 1 fully saturated rings. The Labute approximate surface area is 157 Å². The third-order valence-corrected chi connectivity index (χ3v) is 5.68. The maximum Gasteiger partial charge on any atom is 0.410 e. The van der Waals surface area contributed by atoms with Gasteiger partial charge in [-0.3, -0.25) is 4.79 Å². The molecule has 1 aromatic carbocycles. The van der Waals surface area contributed by atoms with E-state index >= 15 is 0 Å². The van der Waals surface area contributed by atoms with E-state index in [1.165, 1.54) is 7.11 Å². The molecular weight excluding hydrogens is 386 g/mol. The molecule has 1 heterocycles. The number of nitrogens with zero attached hydrogens (tertiary/aromatic N) is 1. The Hall–Kier alpha value is -1.56. The lowest BCUT2D eigenvalue weighted by Crippen LogP contribution is -2.53. The van der Waals surface area contributed by atoms with Crippen LogP contribution in [0.25, 0.3) is 0 Å². The van der Waals surface area contributed by atoms with Crippen LogP contribution in [-0.2, 0) is 14.3 Å². The summed E-state index contributed by atoms with van der Waals surface area (Å²) in [5.74, 6) is -0.145. The molecule has 25 heavy (non-hydrogen) atoms. The highest BCUT2D eigenvalue weighted by Crippen LogP contribution is 2.38. The van der Waals surface area contributed by atoms with Gasteiger partial charge in [0.2, 0.25) is 0 Å². The van der Waals surface area contributed by atoms with Gasteiger partial charge in [-0.1, -0.05) is 41.9 Å². The number of halogens is 1. The van der Waals surface area contributed by atoms with E-state index in [4.69, 9.17) is 9.47 Å². The van der Waals surface area contributed by atoms with Crippen molar-refractivity contribution in [3.05, 3.63) is 34.3 Å². The molecule has 1 aliphatic rings. The average Bonchev–Trinajstić information content (AvgIpc) is 2.59. The number of amides is 1. The van der Waals surface area contributed by atoms with Crippen molar-refractivity contribution in [1.29, 1.82) is 0 Å². The third kappa shape index (κ3) is 4.54. The molecule has 0 N–H and O–H groups in total. The van der Waals surface area contributed by atoms with Gasteiger partial charge < -0.3 is 14.4 Å². The molecular formula is C19H26BrNO4. The van der Waals surface area contributed by atoms with Gasteiger partial charge >= 0.3 is 12.1 Å². The molecule has 1 amide bonds. The summed E-state index contributed by atoms with van der Waals surface area (Å²) in [6, 6.07) is 7.88. The number of cyclic esters (lactones) is 1. The SMILES string of the molecule is COC(=O)CCC1(C(C)C)CCN(C(C)c2ccc(Br)cc2)C(=O)O1. The van der Waals surface area contributed by atoms with Crippen molar-refractivity contribution in [3.8, 4) is 0 Å².